The van der Waals surface area contributed by atoms with Crippen molar-refractivity contribution >= 4 is 34.8 Å². The lowest BCUT2D eigenvalue weighted by molar-refractivity contribution is 1.55. The van der Waals surface area contributed by atoms with E-state index in [0.717, 1.165) is 0 Å². The predicted octanol–water partition coefficient (Wildman–Crippen LogP) is 3.59. The van der Waals surface area contributed by atoms with E-state index in [0.29, 0.717) is 0 Å². The van der Waals surface area contributed by atoms with Crippen LogP contribution in [0.5, 0.6) is 0 Å². The fraction of sp³-hybridized carbons (Fsp3) is 0. The first-order chi connectivity index (χ1) is 7.08. The van der Waals surface area contributed by atoms with Gasteiger partial charge in [-0.2, -0.15) is 0 Å². The zero-order valence-electron chi connectivity index (χ0n) is 7.37. The molecule has 0 radical (unpaired) electrons. The lowest BCUT2D eigenvalue weighted by Gasteiger charge is -2.08. The molecule has 0 aromatic heterocycles. The Morgan fingerprint density at radius 2 is 0.800 bits per heavy atom. The quantitative estimate of drug-likeness (QED) is 0.620. The summed E-state index contributed by atoms with van der Waals surface area (Å²) in [6.07, 6.45) is 15.7. The molecule has 0 nitrogen and oxygen atoms in total. The number of hydrogen-bond acceptors (Lipinski definition) is 0. The number of halogens is 3. The molecule has 0 saturated carbocycles. The third-order valence-corrected chi connectivity index (χ3v) is 2.88. The normalized spacial score (nSPS) is 8.80. The summed E-state index contributed by atoms with van der Waals surface area (Å²) in [6.45, 7) is 0. The van der Waals surface area contributed by atoms with E-state index in [9.17, 15) is 0 Å². The average molecular weight is 254 g/mol. The highest BCUT2D eigenvalue weighted by Crippen LogP contribution is 2.36. The molecule has 0 aliphatic rings. The molecule has 15 heavy (non-hydrogen) atoms. The molecular weight excluding hydrogens is 250 g/mol. The minimum Gasteiger partial charge on any atom is -0.115 e. The minimum absolute atomic E-state index is 0.175. The van der Waals surface area contributed by atoms with Gasteiger partial charge in [-0.25, -0.2) is 0 Å². The van der Waals surface area contributed by atoms with Crippen LogP contribution in [0.25, 0.3) is 0 Å². The van der Waals surface area contributed by atoms with Gasteiger partial charge in [0.05, 0.1) is 31.8 Å². The molecule has 0 atom stereocenters. The van der Waals surface area contributed by atoms with Gasteiger partial charge < -0.3 is 0 Å². The van der Waals surface area contributed by atoms with Crippen molar-refractivity contribution in [3.8, 4) is 37.0 Å². The van der Waals surface area contributed by atoms with E-state index in [4.69, 9.17) is 54.1 Å². The highest BCUT2D eigenvalue weighted by Gasteiger charge is 2.17. The molecule has 0 aliphatic carbocycles. The Kier molecular flexibility index (Phi) is 3.57. The molecule has 0 unspecified atom stereocenters. The van der Waals surface area contributed by atoms with E-state index in [1.54, 1.807) is 0 Å². The summed E-state index contributed by atoms with van der Waals surface area (Å²) in [5.74, 6) is 6.98. The number of hydrogen-bond donors (Lipinski definition) is 0. The molecule has 0 bridgehead atoms. The molecule has 0 spiro atoms. The second-order valence-corrected chi connectivity index (χ2v) is 3.63. The van der Waals surface area contributed by atoms with Crippen molar-refractivity contribution in [3.63, 3.8) is 0 Å². The van der Waals surface area contributed by atoms with Gasteiger partial charge in [0, 0.05) is 0 Å². The topological polar surface area (TPSA) is 0 Å². The number of benzene rings is 1. The third kappa shape index (κ3) is 1.79. The van der Waals surface area contributed by atoms with Gasteiger partial charge in [-0.15, -0.1) is 19.3 Å². The molecule has 1 aromatic rings. The van der Waals surface area contributed by atoms with Crippen molar-refractivity contribution in [2.75, 3.05) is 0 Å². The van der Waals surface area contributed by atoms with Crippen LogP contribution in [-0.2, 0) is 0 Å². The van der Waals surface area contributed by atoms with E-state index in [2.05, 4.69) is 17.8 Å². The zero-order valence-corrected chi connectivity index (χ0v) is 9.63. The molecule has 0 heterocycles. The molecule has 0 saturated heterocycles. The first-order valence-electron chi connectivity index (χ1n) is 3.68. The maximum Gasteiger partial charge on any atom is 0.0750 e. The van der Waals surface area contributed by atoms with Crippen LogP contribution in [0.2, 0.25) is 15.1 Å². The van der Waals surface area contributed by atoms with Crippen LogP contribution in [0, 0.1) is 37.0 Å². The fourth-order valence-electron chi connectivity index (χ4n) is 1.04. The Hall–Kier alpha value is -1.23. The minimum atomic E-state index is 0.175. The second kappa shape index (κ2) is 4.53. The smallest absolute Gasteiger partial charge is 0.0750 e. The summed E-state index contributed by atoms with van der Waals surface area (Å²) in [7, 11) is 0. The second-order valence-electron chi connectivity index (χ2n) is 2.50. The standard InChI is InChI=1S/C12H3Cl3/c1-4-7-10(13)8(5-2)12(15)9(6-3)11(7)14/h1-3H. The van der Waals surface area contributed by atoms with Gasteiger partial charge in [0.2, 0.25) is 0 Å². The van der Waals surface area contributed by atoms with Gasteiger partial charge in [-0.3, -0.25) is 0 Å². The van der Waals surface area contributed by atoms with Crippen molar-refractivity contribution < 1.29 is 0 Å². The van der Waals surface area contributed by atoms with E-state index in [1.807, 2.05) is 0 Å². The molecule has 0 N–H and O–H groups in total. The summed E-state index contributed by atoms with van der Waals surface area (Å²) in [4.78, 5) is 0. The maximum absolute atomic E-state index is 5.93. The Labute approximate surface area is 104 Å². The summed E-state index contributed by atoms with van der Waals surface area (Å²) in [5.41, 5.74) is 0.802. The zero-order chi connectivity index (χ0) is 11.6. The van der Waals surface area contributed by atoms with E-state index >= 15 is 0 Å². The van der Waals surface area contributed by atoms with Crippen LogP contribution in [0.1, 0.15) is 16.7 Å². The summed E-state index contributed by atoms with van der Waals surface area (Å²) in [6, 6.07) is 0. The summed E-state index contributed by atoms with van der Waals surface area (Å²) in [5, 5.41) is 0.525. The molecule has 72 valence electrons. The predicted molar refractivity (Wildman–Crippen MR) is 65.3 cm³/mol. The Bertz CT molecular complexity index is 446. The van der Waals surface area contributed by atoms with Crippen LogP contribution in [0.4, 0.5) is 0 Å². The van der Waals surface area contributed by atoms with E-state index < -0.39 is 0 Å². The lowest BCUT2D eigenvalue weighted by Crippen LogP contribution is -1.92. The van der Waals surface area contributed by atoms with Crippen molar-refractivity contribution in [2.24, 2.45) is 0 Å². The van der Waals surface area contributed by atoms with Gasteiger partial charge in [0.15, 0.2) is 0 Å². The molecule has 1 aromatic carbocycles. The van der Waals surface area contributed by atoms with Gasteiger partial charge in [-0.1, -0.05) is 52.6 Å². The Morgan fingerprint density at radius 1 is 0.600 bits per heavy atom. The first kappa shape index (κ1) is 11.8. The molecule has 0 aliphatic heterocycles. The average Bonchev–Trinajstić information content (AvgIpc) is 2.19. The monoisotopic (exact) mass is 252 g/mol. The molecule has 0 fully saturated rings. The highest BCUT2D eigenvalue weighted by atomic mass is 35.5. The van der Waals surface area contributed by atoms with Crippen molar-refractivity contribution in [1.82, 2.24) is 0 Å². The lowest BCUT2D eigenvalue weighted by atomic mass is 10.1. The van der Waals surface area contributed by atoms with Gasteiger partial charge in [-0.05, 0) is 0 Å². The molecule has 1 rings (SSSR count). The van der Waals surface area contributed by atoms with Crippen LogP contribution in [-0.4, -0.2) is 0 Å². The van der Waals surface area contributed by atoms with Crippen LogP contribution < -0.4 is 0 Å². The molecule has 0 amide bonds. The van der Waals surface area contributed by atoms with Gasteiger partial charge in [0.1, 0.15) is 0 Å². The SMILES string of the molecule is C#Cc1c(Cl)c(C#C)c(Cl)c(C#C)c1Cl. The largest absolute Gasteiger partial charge is 0.115 e. The Morgan fingerprint density at radius 3 is 0.933 bits per heavy atom. The first-order valence-corrected chi connectivity index (χ1v) is 4.82. The van der Waals surface area contributed by atoms with Crippen LogP contribution in [0.15, 0.2) is 0 Å². The fourth-order valence-corrected chi connectivity index (χ4v) is 2.08. The van der Waals surface area contributed by atoms with E-state index in [1.165, 1.54) is 0 Å². The van der Waals surface area contributed by atoms with Gasteiger partial charge >= 0.3 is 0 Å². The van der Waals surface area contributed by atoms with Crippen molar-refractivity contribution in [3.05, 3.63) is 31.8 Å². The maximum atomic E-state index is 5.93. The third-order valence-electron chi connectivity index (χ3n) is 1.75. The number of rotatable bonds is 0. The number of terminal acetylenes is 3. The van der Waals surface area contributed by atoms with Gasteiger partial charge in [0.25, 0.3) is 0 Å². The van der Waals surface area contributed by atoms with Crippen LogP contribution in [0.3, 0.4) is 0 Å². The van der Waals surface area contributed by atoms with Crippen molar-refractivity contribution in [1.29, 1.82) is 0 Å². The van der Waals surface area contributed by atoms with Crippen molar-refractivity contribution in [2.45, 2.75) is 0 Å². The molecule has 3 heteroatoms. The van der Waals surface area contributed by atoms with E-state index in [-0.39, 0.29) is 31.8 Å². The molecular formula is C12H3Cl3. The summed E-state index contributed by atoms with van der Waals surface area (Å²) >= 11 is 17.8. The summed E-state index contributed by atoms with van der Waals surface area (Å²) < 4.78 is 0. The van der Waals surface area contributed by atoms with Crippen LogP contribution >= 0.6 is 34.8 Å². The Balaban J connectivity index is 3.88. The highest BCUT2D eigenvalue weighted by molar-refractivity contribution is 6.42.